The highest BCUT2D eigenvalue weighted by Gasteiger charge is 2.18. The number of H-pyrrole nitrogens is 1. The highest BCUT2D eigenvalue weighted by atomic mass is 35.5. The molecule has 3 N–H and O–H groups in total. The van der Waals surface area contributed by atoms with E-state index in [4.69, 9.17) is 11.6 Å². The summed E-state index contributed by atoms with van der Waals surface area (Å²) in [7, 11) is 0. The Bertz CT molecular complexity index is 702. The van der Waals surface area contributed by atoms with Crippen LogP contribution in [0.2, 0.25) is 5.02 Å². The van der Waals surface area contributed by atoms with Crippen LogP contribution in [0.5, 0.6) is 0 Å². The number of halogens is 1. The zero-order chi connectivity index (χ0) is 16.8. The van der Waals surface area contributed by atoms with Crippen molar-refractivity contribution >= 4 is 46.1 Å². The molecule has 0 bridgehead atoms. The van der Waals surface area contributed by atoms with E-state index in [1.807, 2.05) is 30.5 Å². The molecule has 2 rings (SSSR count). The number of thioether (sulfide) groups is 1. The van der Waals surface area contributed by atoms with Gasteiger partial charge in [0.2, 0.25) is 11.8 Å². The molecule has 2 aromatic rings. The van der Waals surface area contributed by atoms with Gasteiger partial charge in [-0.25, -0.2) is 0 Å². The van der Waals surface area contributed by atoms with Gasteiger partial charge in [-0.2, -0.15) is 11.8 Å². The number of benzene rings is 1. The Labute approximate surface area is 144 Å². The first-order chi connectivity index (χ1) is 11.0. The van der Waals surface area contributed by atoms with E-state index in [1.54, 1.807) is 11.8 Å². The Morgan fingerprint density at radius 1 is 1.35 bits per heavy atom. The molecule has 0 aliphatic carbocycles. The first-order valence-electron chi connectivity index (χ1n) is 7.30. The van der Waals surface area contributed by atoms with Crippen LogP contribution >= 0.6 is 23.4 Å². The fraction of sp³-hybridized carbons (Fsp3) is 0.375. The Morgan fingerprint density at radius 3 is 2.83 bits per heavy atom. The van der Waals surface area contributed by atoms with E-state index >= 15 is 0 Å². The van der Waals surface area contributed by atoms with Crippen LogP contribution in [-0.4, -0.2) is 34.8 Å². The maximum atomic E-state index is 12.3. The van der Waals surface area contributed by atoms with Gasteiger partial charge in [0.25, 0.3) is 0 Å². The van der Waals surface area contributed by atoms with Crippen LogP contribution in [0.1, 0.15) is 19.0 Å². The second-order valence-electron chi connectivity index (χ2n) is 5.28. The molecule has 5 nitrogen and oxygen atoms in total. The van der Waals surface area contributed by atoms with Crippen molar-refractivity contribution in [3.8, 4) is 0 Å². The lowest BCUT2D eigenvalue weighted by Crippen LogP contribution is -2.46. The maximum absolute atomic E-state index is 12.3. The average Bonchev–Trinajstić information content (AvgIpc) is 2.90. The van der Waals surface area contributed by atoms with Crippen molar-refractivity contribution in [3.05, 3.63) is 35.0 Å². The smallest absolute Gasteiger partial charge is 0.242 e. The molecule has 1 aromatic carbocycles. The van der Waals surface area contributed by atoms with Gasteiger partial charge in [-0.1, -0.05) is 11.6 Å². The van der Waals surface area contributed by atoms with Crippen LogP contribution in [0.15, 0.2) is 24.3 Å². The summed E-state index contributed by atoms with van der Waals surface area (Å²) in [6.07, 6.45) is 2.58. The molecule has 0 aliphatic rings. The first kappa shape index (κ1) is 17.7. The van der Waals surface area contributed by atoms with Crippen LogP contribution in [0.3, 0.4) is 0 Å². The minimum absolute atomic E-state index is 0.175. The molecule has 7 heteroatoms. The summed E-state index contributed by atoms with van der Waals surface area (Å²) in [5, 5.41) is 7.23. The molecule has 0 saturated heterocycles. The third-order valence-corrected chi connectivity index (χ3v) is 4.28. The third-order valence-electron chi connectivity index (χ3n) is 3.40. The summed E-state index contributed by atoms with van der Waals surface area (Å²) in [4.78, 5) is 26.7. The Balaban J connectivity index is 1.98. The van der Waals surface area contributed by atoms with E-state index in [0.717, 1.165) is 22.3 Å². The lowest BCUT2D eigenvalue weighted by atomic mass is 10.2. The van der Waals surface area contributed by atoms with Gasteiger partial charge in [-0.15, -0.1) is 0 Å². The summed E-state index contributed by atoms with van der Waals surface area (Å²) in [5.74, 6) is 0.431. The standard InChI is InChI=1S/C16H20ClN3O2S/c1-10(21)19-15(5-6-23-2)16(22)18-9-13-8-11-7-12(17)3-4-14(11)20-13/h3-4,7-8,15,20H,5-6,9H2,1-2H3,(H,18,22)(H,19,21)/t15-/m0/s1. The monoisotopic (exact) mass is 353 g/mol. The highest BCUT2D eigenvalue weighted by molar-refractivity contribution is 7.98. The third kappa shape index (κ3) is 5.18. The van der Waals surface area contributed by atoms with Gasteiger partial charge < -0.3 is 15.6 Å². The molecule has 124 valence electrons. The van der Waals surface area contributed by atoms with E-state index in [9.17, 15) is 9.59 Å². The molecular formula is C16H20ClN3O2S. The fourth-order valence-electron chi connectivity index (χ4n) is 2.31. The van der Waals surface area contributed by atoms with Crippen molar-refractivity contribution in [2.75, 3.05) is 12.0 Å². The molecule has 0 fully saturated rings. The second kappa shape index (κ2) is 8.26. The molecule has 0 saturated carbocycles. The molecule has 1 heterocycles. The lowest BCUT2D eigenvalue weighted by Gasteiger charge is -2.16. The van der Waals surface area contributed by atoms with E-state index in [1.165, 1.54) is 6.92 Å². The number of fused-ring (bicyclic) bond motifs is 1. The molecule has 23 heavy (non-hydrogen) atoms. The lowest BCUT2D eigenvalue weighted by molar-refractivity contribution is -0.128. The van der Waals surface area contributed by atoms with Crippen molar-refractivity contribution in [2.45, 2.75) is 25.9 Å². The molecule has 0 aliphatic heterocycles. The Kier molecular flexibility index (Phi) is 6.36. The van der Waals surface area contributed by atoms with Gasteiger partial charge in [0.15, 0.2) is 0 Å². The largest absolute Gasteiger partial charge is 0.357 e. The van der Waals surface area contributed by atoms with Gasteiger partial charge in [-0.05, 0) is 42.7 Å². The number of amides is 2. The quantitative estimate of drug-likeness (QED) is 0.716. The molecule has 0 spiro atoms. The molecule has 0 unspecified atom stereocenters. The van der Waals surface area contributed by atoms with Crippen LogP contribution in [0.4, 0.5) is 0 Å². The summed E-state index contributed by atoms with van der Waals surface area (Å²) < 4.78 is 0. The van der Waals surface area contributed by atoms with Crippen molar-refractivity contribution in [1.29, 1.82) is 0 Å². The topological polar surface area (TPSA) is 74.0 Å². The molecule has 2 amide bonds. The van der Waals surface area contributed by atoms with Crippen molar-refractivity contribution in [1.82, 2.24) is 15.6 Å². The number of rotatable bonds is 7. The molecular weight excluding hydrogens is 334 g/mol. The van der Waals surface area contributed by atoms with E-state index < -0.39 is 6.04 Å². The zero-order valence-corrected chi connectivity index (χ0v) is 14.7. The first-order valence-corrected chi connectivity index (χ1v) is 9.07. The van der Waals surface area contributed by atoms with E-state index in [-0.39, 0.29) is 11.8 Å². The van der Waals surface area contributed by atoms with Gasteiger partial charge in [0, 0.05) is 28.5 Å². The van der Waals surface area contributed by atoms with Crippen molar-refractivity contribution in [2.24, 2.45) is 0 Å². The van der Waals surface area contributed by atoms with E-state index in [0.29, 0.717) is 18.0 Å². The number of nitrogens with one attached hydrogen (secondary N) is 3. The molecule has 1 atom stereocenters. The highest BCUT2D eigenvalue weighted by Crippen LogP contribution is 2.20. The predicted octanol–water partition coefficient (Wildman–Crippen LogP) is 2.70. The number of hydrogen-bond acceptors (Lipinski definition) is 3. The second-order valence-corrected chi connectivity index (χ2v) is 6.70. The van der Waals surface area contributed by atoms with E-state index in [2.05, 4.69) is 15.6 Å². The van der Waals surface area contributed by atoms with Crippen LogP contribution in [0.25, 0.3) is 10.9 Å². The summed E-state index contributed by atoms with van der Waals surface area (Å²) >= 11 is 7.61. The van der Waals surface area contributed by atoms with Gasteiger partial charge >= 0.3 is 0 Å². The number of carbonyl (C=O) groups is 2. The molecule has 0 radical (unpaired) electrons. The number of hydrogen-bond donors (Lipinski definition) is 3. The Hall–Kier alpha value is -1.66. The summed E-state index contributed by atoms with van der Waals surface area (Å²) in [5.41, 5.74) is 1.86. The van der Waals surface area contributed by atoms with Crippen molar-refractivity contribution < 1.29 is 9.59 Å². The van der Waals surface area contributed by atoms with Crippen molar-refractivity contribution in [3.63, 3.8) is 0 Å². The van der Waals surface area contributed by atoms with Gasteiger partial charge in [-0.3, -0.25) is 9.59 Å². The number of aromatic nitrogens is 1. The summed E-state index contributed by atoms with van der Waals surface area (Å²) in [6.45, 7) is 1.79. The van der Waals surface area contributed by atoms with Gasteiger partial charge in [0.1, 0.15) is 6.04 Å². The summed E-state index contributed by atoms with van der Waals surface area (Å²) in [6, 6.07) is 7.05. The van der Waals surface area contributed by atoms with Gasteiger partial charge in [0.05, 0.1) is 6.54 Å². The minimum atomic E-state index is -0.501. The molecule has 1 aromatic heterocycles. The SMILES string of the molecule is CSCC[C@H](NC(C)=O)C(=O)NCc1cc2cc(Cl)ccc2[nH]1. The van der Waals surface area contributed by atoms with Crippen LogP contribution < -0.4 is 10.6 Å². The minimum Gasteiger partial charge on any atom is -0.357 e. The fourth-order valence-corrected chi connectivity index (χ4v) is 2.97. The number of aromatic amines is 1. The normalized spacial score (nSPS) is 12.1. The Morgan fingerprint density at radius 2 is 2.13 bits per heavy atom. The number of carbonyl (C=O) groups excluding carboxylic acids is 2. The van der Waals surface area contributed by atoms with Crippen LogP contribution in [0, 0.1) is 0 Å². The average molecular weight is 354 g/mol. The predicted molar refractivity (Wildman–Crippen MR) is 95.8 cm³/mol. The zero-order valence-electron chi connectivity index (χ0n) is 13.1. The maximum Gasteiger partial charge on any atom is 0.242 e. The van der Waals surface area contributed by atoms with Crippen LogP contribution in [-0.2, 0) is 16.1 Å².